The molecule has 2 aromatic carbocycles. The number of halogens is 1. The second kappa shape index (κ2) is 8.31. The summed E-state index contributed by atoms with van der Waals surface area (Å²) >= 11 is 0. The fourth-order valence-electron chi connectivity index (χ4n) is 3.68. The summed E-state index contributed by atoms with van der Waals surface area (Å²) in [5.74, 6) is -0.249. The van der Waals surface area contributed by atoms with Gasteiger partial charge in [0.1, 0.15) is 5.82 Å². The van der Waals surface area contributed by atoms with Crippen LogP contribution < -0.4 is 5.32 Å². The summed E-state index contributed by atoms with van der Waals surface area (Å²) in [5.41, 5.74) is 3.72. The van der Waals surface area contributed by atoms with Crippen LogP contribution in [0.2, 0.25) is 0 Å². The molecule has 2 heterocycles. The van der Waals surface area contributed by atoms with Crippen LogP contribution in [0.15, 0.2) is 73.1 Å². The van der Waals surface area contributed by atoms with Crippen LogP contribution in [0.1, 0.15) is 18.4 Å². The molecule has 1 fully saturated rings. The standard InChI is InChI=1S/C23H22FN3O/c24-20-10-8-18(9-11-20)19-5-1-6-21(14-19)26-23(28)22-7-3-13-27(22)16-17-4-2-12-25-15-17/h1-2,4-6,8-12,14-15,22H,3,7,13,16H2,(H,26,28). The van der Waals surface area contributed by atoms with Crippen LogP contribution >= 0.6 is 0 Å². The highest BCUT2D eigenvalue weighted by molar-refractivity contribution is 5.95. The Morgan fingerprint density at radius 2 is 1.96 bits per heavy atom. The highest BCUT2D eigenvalue weighted by Crippen LogP contribution is 2.25. The lowest BCUT2D eigenvalue weighted by Crippen LogP contribution is -2.39. The van der Waals surface area contributed by atoms with Crippen molar-refractivity contribution >= 4 is 11.6 Å². The summed E-state index contributed by atoms with van der Waals surface area (Å²) in [5, 5.41) is 3.05. The highest BCUT2D eigenvalue weighted by Gasteiger charge is 2.30. The lowest BCUT2D eigenvalue weighted by molar-refractivity contribution is -0.120. The topological polar surface area (TPSA) is 45.2 Å². The predicted molar refractivity (Wildman–Crippen MR) is 108 cm³/mol. The molecule has 5 heteroatoms. The van der Waals surface area contributed by atoms with E-state index < -0.39 is 0 Å². The minimum atomic E-state index is -0.261. The third kappa shape index (κ3) is 4.26. The smallest absolute Gasteiger partial charge is 0.241 e. The maximum absolute atomic E-state index is 13.2. The third-order valence-corrected chi connectivity index (χ3v) is 5.08. The quantitative estimate of drug-likeness (QED) is 0.715. The normalized spacial score (nSPS) is 16.8. The molecule has 0 saturated carbocycles. The second-order valence-electron chi connectivity index (χ2n) is 7.07. The first-order chi connectivity index (χ1) is 13.7. The molecule has 142 valence electrons. The predicted octanol–water partition coefficient (Wildman–Crippen LogP) is 4.49. The Balaban J connectivity index is 1.45. The Bertz CT molecular complexity index is 944. The van der Waals surface area contributed by atoms with Crippen LogP contribution in [0.5, 0.6) is 0 Å². The van der Waals surface area contributed by atoms with Gasteiger partial charge in [0.2, 0.25) is 5.91 Å². The molecule has 0 spiro atoms. The van der Waals surface area contributed by atoms with E-state index in [4.69, 9.17) is 0 Å². The minimum absolute atomic E-state index is 0.0117. The molecule has 1 aliphatic heterocycles. The van der Waals surface area contributed by atoms with Crippen molar-refractivity contribution < 1.29 is 9.18 Å². The Hall–Kier alpha value is -3.05. The maximum Gasteiger partial charge on any atom is 0.241 e. The maximum atomic E-state index is 13.2. The van der Waals surface area contributed by atoms with Gasteiger partial charge in [0.25, 0.3) is 0 Å². The molecule has 4 nitrogen and oxygen atoms in total. The summed E-state index contributed by atoms with van der Waals surface area (Å²) in [4.78, 5) is 19.3. The third-order valence-electron chi connectivity index (χ3n) is 5.08. The second-order valence-corrected chi connectivity index (χ2v) is 7.07. The van der Waals surface area contributed by atoms with E-state index >= 15 is 0 Å². The molecule has 1 aromatic heterocycles. The monoisotopic (exact) mass is 375 g/mol. The van der Waals surface area contributed by atoms with Crippen LogP contribution in [0, 0.1) is 5.82 Å². The Kier molecular flexibility index (Phi) is 5.44. The minimum Gasteiger partial charge on any atom is -0.325 e. The van der Waals surface area contributed by atoms with Crippen molar-refractivity contribution in [2.75, 3.05) is 11.9 Å². The Morgan fingerprint density at radius 1 is 1.11 bits per heavy atom. The first-order valence-electron chi connectivity index (χ1n) is 9.49. The molecule has 3 aromatic rings. The molecule has 1 atom stereocenters. The van der Waals surface area contributed by atoms with Crippen molar-refractivity contribution in [1.29, 1.82) is 0 Å². The zero-order chi connectivity index (χ0) is 19.3. The molecule has 1 unspecified atom stereocenters. The van der Waals surface area contributed by atoms with Crippen LogP contribution in [-0.2, 0) is 11.3 Å². The van der Waals surface area contributed by atoms with E-state index in [1.54, 1.807) is 18.3 Å². The zero-order valence-electron chi connectivity index (χ0n) is 15.5. The number of hydrogen-bond donors (Lipinski definition) is 1. The van der Waals surface area contributed by atoms with E-state index in [-0.39, 0.29) is 17.8 Å². The van der Waals surface area contributed by atoms with Crippen LogP contribution in [0.4, 0.5) is 10.1 Å². The van der Waals surface area contributed by atoms with Gasteiger partial charge < -0.3 is 5.32 Å². The molecule has 1 aliphatic rings. The summed E-state index contributed by atoms with van der Waals surface area (Å²) in [6.07, 6.45) is 5.46. The number of benzene rings is 2. The molecule has 4 rings (SSSR count). The van der Waals surface area contributed by atoms with Crippen LogP contribution in [0.25, 0.3) is 11.1 Å². The molecule has 28 heavy (non-hydrogen) atoms. The summed E-state index contributed by atoms with van der Waals surface area (Å²) < 4.78 is 13.2. The number of aromatic nitrogens is 1. The van der Waals surface area contributed by atoms with E-state index in [0.717, 1.165) is 48.3 Å². The number of likely N-dealkylation sites (tertiary alicyclic amines) is 1. The van der Waals surface area contributed by atoms with E-state index in [0.29, 0.717) is 0 Å². The molecule has 0 aliphatic carbocycles. The molecular formula is C23H22FN3O. The number of amides is 1. The van der Waals surface area contributed by atoms with Gasteiger partial charge >= 0.3 is 0 Å². The van der Waals surface area contributed by atoms with Crippen molar-refractivity contribution in [3.05, 3.63) is 84.4 Å². The summed E-state index contributed by atoms with van der Waals surface area (Å²) in [6.45, 7) is 1.63. The fourth-order valence-corrected chi connectivity index (χ4v) is 3.68. The fraction of sp³-hybridized carbons (Fsp3) is 0.217. The Labute approximate surface area is 164 Å². The first-order valence-corrected chi connectivity index (χ1v) is 9.49. The average molecular weight is 375 g/mol. The zero-order valence-corrected chi connectivity index (χ0v) is 15.5. The van der Waals surface area contributed by atoms with Crippen molar-refractivity contribution in [2.24, 2.45) is 0 Å². The summed E-state index contributed by atoms with van der Waals surface area (Å²) in [6, 6.07) is 17.8. The average Bonchev–Trinajstić information content (AvgIpc) is 3.18. The van der Waals surface area contributed by atoms with Gasteiger partial charge in [-0.2, -0.15) is 0 Å². The van der Waals surface area contributed by atoms with Gasteiger partial charge in [0, 0.05) is 24.6 Å². The van der Waals surface area contributed by atoms with Crippen molar-refractivity contribution in [1.82, 2.24) is 9.88 Å². The van der Waals surface area contributed by atoms with E-state index in [2.05, 4.69) is 15.2 Å². The van der Waals surface area contributed by atoms with E-state index in [9.17, 15) is 9.18 Å². The first kappa shape index (κ1) is 18.3. The summed E-state index contributed by atoms with van der Waals surface area (Å²) in [7, 11) is 0. The van der Waals surface area contributed by atoms with Crippen LogP contribution in [-0.4, -0.2) is 28.4 Å². The number of anilines is 1. The van der Waals surface area contributed by atoms with Gasteiger partial charge in [-0.1, -0.05) is 30.3 Å². The van der Waals surface area contributed by atoms with Crippen molar-refractivity contribution in [2.45, 2.75) is 25.4 Å². The molecule has 0 bridgehead atoms. The number of carbonyl (C=O) groups excluding carboxylic acids is 1. The molecule has 1 saturated heterocycles. The van der Waals surface area contributed by atoms with E-state index in [1.807, 2.05) is 42.6 Å². The van der Waals surface area contributed by atoms with Crippen LogP contribution in [0.3, 0.4) is 0 Å². The highest BCUT2D eigenvalue weighted by atomic mass is 19.1. The van der Waals surface area contributed by atoms with Gasteiger partial charge in [-0.15, -0.1) is 0 Å². The molecule has 0 radical (unpaired) electrons. The van der Waals surface area contributed by atoms with Gasteiger partial charge in [-0.25, -0.2) is 4.39 Å². The van der Waals surface area contributed by atoms with Gasteiger partial charge in [-0.3, -0.25) is 14.7 Å². The lowest BCUT2D eigenvalue weighted by Gasteiger charge is -2.23. The van der Waals surface area contributed by atoms with Gasteiger partial charge in [0.05, 0.1) is 6.04 Å². The van der Waals surface area contributed by atoms with Crippen molar-refractivity contribution in [3.63, 3.8) is 0 Å². The number of nitrogens with zero attached hydrogens (tertiary/aromatic N) is 2. The number of carbonyl (C=O) groups is 1. The molecule has 1 N–H and O–H groups in total. The van der Waals surface area contributed by atoms with Crippen molar-refractivity contribution in [3.8, 4) is 11.1 Å². The number of pyridine rings is 1. The molecular weight excluding hydrogens is 353 g/mol. The van der Waals surface area contributed by atoms with Gasteiger partial charge in [0.15, 0.2) is 0 Å². The Morgan fingerprint density at radius 3 is 2.75 bits per heavy atom. The SMILES string of the molecule is O=C(Nc1cccc(-c2ccc(F)cc2)c1)C1CCCN1Cc1cccnc1. The number of rotatable bonds is 5. The molecule has 1 amide bonds. The lowest BCUT2D eigenvalue weighted by atomic mass is 10.0. The number of nitrogens with one attached hydrogen (secondary N) is 1. The largest absolute Gasteiger partial charge is 0.325 e. The number of hydrogen-bond acceptors (Lipinski definition) is 3. The van der Waals surface area contributed by atoms with E-state index in [1.165, 1.54) is 12.1 Å². The van der Waals surface area contributed by atoms with Gasteiger partial charge in [-0.05, 0) is 66.4 Å².